The van der Waals surface area contributed by atoms with Crippen molar-refractivity contribution in [3.05, 3.63) is 26.9 Å². The van der Waals surface area contributed by atoms with Crippen molar-refractivity contribution in [1.29, 1.82) is 0 Å². The molecule has 2 aromatic rings. The van der Waals surface area contributed by atoms with Crippen molar-refractivity contribution in [2.24, 2.45) is 0 Å². The molecule has 4 rings (SSSR count). The van der Waals surface area contributed by atoms with E-state index in [1.807, 2.05) is 4.90 Å². The molecule has 3 atom stereocenters. The van der Waals surface area contributed by atoms with Gasteiger partial charge in [-0.25, -0.2) is 17.6 Å². The lowest BCUT2D eigenvalue weighted by Gasteiger charge is -2.30. The number of ether oxygens (including phenoxy) is 2. The van der Waals surface area contributed by atoms with E-state index in [0.29, 0.717) is 13.0 Å². The van der Waals surface area contributed by atoms with Crippen LogP contribution in [0.1, 0.15) is 19.3 Å². The molecule has 198 valence electrons. The number of aromatic hydroxyl groups is 1. The minimum absolute atomic E-state index is 0.00354. The summed E-state index contributed by atoms with van der Waals surface area (Å²) in [7, 11) is 0. The van der Waals surface area contributed by atoms with Crippen molar-refractivity contribution in [2.75, 3.05) is 32.8 Å². The summed E-state index contributed by atoms with van der Waals surface area (Å²) in [6.07, 6.45) is -1.64. The highest BCUT2D eigenvalue weighted by Gasteiger charge is 2.49. The summed E-state index contributed by atoms with van der Waals surface area (Å²) in [6.45, 7) is 3.71. The van der Waals surface area contributed by atoms with E-state index < -0.39 is 42.4 Å². The number of nitrogens with zero attached hydrogens (tertiary/aromatic N) is 3. The maximum atomic E-state index is 15.1. The fourth-order valence-electron chi connectivity index (χ4n) is 4.71. The summed E-state index contributed by atoms with van der Waals surface area (Å²) in [5.41, 5.74) is -0.841. The Kier molecular flexibility index (Phi) is 8.40. The number of hydrogen-bond donors (Lipinski definition) is 2. The van der Waals surface area contributed by atoms with Gasteiger partial charge in [0.2, 0.25) is 5.88 Å². The largest absolute Gasteiger partial charge is 0.493 e. The summed E-state index contributed by atoms with van der Waals surface area (Å²) in [4.78, 5) is 10.1. The van der Waals surface area contributed by atoms with Gasteiger partial charge in [-0.3, -0.25) is 4.90 Å². The summed E-state index contributed by atoms with van der Waals surface area (Å²) < 4.78 is 65.5. The lowest BCUT2D eigenvalue weighted by molar-refractivity contribution is 0.107. The van der Waals surface area contributed by atoms with Crippen LogP contribution in [0.15, 0.2) is 16.1 Å². The SMILES string of the molecule is C=C(Cl)[C@@H](COc1c(Cl)c(Br)c(F)c2nc(OC[C@@]34CCCN3C[C@H](F)C4)nc(O)c12)NCC(F)F. The first-order valence-electron chi connectivity index (χ1n) is 11.1. The lowest BCUT2D eigenvalue weighted by Crippen LogP contribution is -2.43. The quantitative estimate of drug-likeness (QED) is 0.280. The van der Waals surface area contributed by atoms with E-state index >= 15 is 4.39 Å². The molecule has 14 heteroatoms. The molecule has 1 aromatic heterocycles. The maximum Gasteiger partial charge on any atom is 0.320 e. The smallest absolute Gasteiger partial charge is 0.320 e. The minimum Gasteiger partial charge on any atom is -0.493 e. The average Bonchev–Trinajstić information content (AvgIpc) is 3.33. The molecule has 2 N–H and O–H groups in total. The van der Waals surface area contributed by atoms with Crippen LogP contribution in [0.3, 0.4) is 0 Å². The zero-order valence-electron chi connectivity index (χ0n) is 18.8. The third-order valence-corrected chi connectivity index (χ3v) is 8.01. The molecule has 0 bridgehead atoms. The first-order valence-corrected chi connectivity index (χ1v) is 12.6. The molecule has 7 nitrogen and oxygen atoms in total. The van der Waals surface area contributed by atoms with E-state index in [0.717, 1.165) is 19.4 Å². The molecule has 2 fully saturated rings. The van der Waals surface area contributed by atoms with Crippen molar-refractivity contribution in [3.8, 4) is 17.6 Å². The van der Waals surface area contributed by atoms with E-state index in [-0.39, 0.29) is 50.4 Å². The number of rotatable bonds is 10. The zero-order chi connectivity index (χ0) is 26.2. The maximum absolute atomic E-state index is 15.1. The van der Waals surface area contributed by atoms with E-state index in [2.05, 4.69) is 37.8 Å². The van der Waals surface area contributed by atoms with Gasteiger partial charge in [0.15, 0.2) is 11.6 Å². The van der Waals surface area contributed by atoms with Gasteiger partial charge < -0.3 is 19.9 Å². The van der Waals surface area contributed by atoms with Gasteiger partial charge in [0, 0.05) is 18.0 Å². The molecule has 0 radical (unpaired) electrons. The molecule has 0 aliphatic carbocycles. The number of hydrogen-bond acceptors (Lipinski definition) is 7. The van der Waals surface area contributed by atoms with Crippen molar-refractivity contribution < 1.29 is 32.1 Å². The molecule has 0 unspecified atom stereocenters. The topological polar surface area (TPSA) is 79.7 Å². The standard InChI is InChI=1S/C22H23BrCl2F4N4O3/c1-10(24)12(30-6-13(27)28)8-35-19-14-18(17(29)15(23)16(19)25)31-21(32-20(14)34)36-9-22-3-2-4-33(22)7-11(26)5-22/h11-13,30H,1-9H2,(H,31,32,34)/t11-,12-,22+/m1/s1. The van der Waals surface area contributed by atoms with E-state index in [4.69, 9.17) is 32.7 Å². The molecule has 36 heavy (non-hydrogen) atoms. The zero-order valence-corrected chi connectivity index (χ0v) is 21.9. The predicted molar refractivity (Wildman–Crippen MR) is 131 cm³/mol. The second-order valence-electron chi connectivity index (χ2n) is 8.80. The molecular formula is C22H23BrCl2F4N4O3. The van der Waals surface area contributed by atoms with Crippen LogP contribution in [-0.4, -0.2) is 77.0 Å². The Morgan fingerprint density at radius 1 is 1.36 bits per heavy atom. The van der Waals surface area contributed by atoms with Crippen molar-refractivity contribution in [2.45, 2.75) is 43.4 Å². The van der Waals surface area contributed by atoms with Gasteiger partial charge >= 0.3 is 6.01 Å². The second kappa shape index (κ2) is 11.0. The first kappa shape index (κ1) is 27.4. The van der Waals surface area contributed by atoms with E-state index in [1.165, 1.54) is 0 Å². The van der Waals surface area contributed by atoms with Gasteiger partial charge in [-0.1, -0.05) is 29.8 Å². The molecule has 0 saturated carbocycles. The van der Waals surface area contributed by atoms with Gasteiger partial charge in [-0.15, -0.1) is 0 Å². The lowest BCUT2D eigenvalue weighted by atomic mass is 9.95. The highest BCUT2D eigenvalue weighted by atomic mass is 79.9. The van der Waals surface area contributed by atoms with Gasteiger partial charge in [0.1, 0.15) is 35.3 Å². The number of halogens is 7. The average molecular weight is 618 g/mol. The summed E-state index contributed by atoms with van der Waals surface area (Å²) in [5.74, 6) is -1.76. The second-order valence-corrected chi connectivity index (χ2v) is 10.5. The number of aromatic nitrogens is 2. The summed E-state index contributed by atoms with van der Waals surface area (Å²) in [6, 6.07) is -1.20. The van der Waals surface area contributed by atoms with Crippen LogP contribution in [0.25, 0.3) is 10.9 Å². The third-order valence-electron chi connectivity index (χ3n) is 6.41. The highest BCUT2D eigenvalue weighted by molar-refractivity contribution is 9.10. The van der Waals surface area contributed by atoms with Crippen LogP contribution in [-0.2, 0) is 0 Å². The van der Waals surface area contributed by atoms with E-state index in [1.54, 1.807) is 0 Å². The Labute approximate surface area is 222 Å². The predicted octanol–water partition coefficient (Wildman–Crippen LogP) is 5.20. The van der Waals surface area contributed by atoms with Gasteiger partial charge in [-0.05, 0) is 35.3 Å². The monoisotopic (exact) mass is 616 g/mol. The fraction of sp³-hybridized carbons (Fsp3) is 0.545. The highest BCUT2D eigenvalue weighted by Crippen LogP contribution is 2.45. The third kappa shape index (κ3) is 5.47. The Morgan fingerprint density at radius 3 is 2.81 bits per heavy atom. The fourth-order valence-corrected chi connectivity index (χ4v) is 5.45. The minimum atomic E-state index is -2.64. The van der Waals surface area contributed by atoms with E-state index in [9.17, 15) is 18.3 Å². The molecule has 2 saturated heterocycles. The molecular weight excluding hydrogens is 595 g/mol. The number of alkyl halides is 3. The first-order chi connectivity index (χ1) is 17.0. The Morgan fingerprint density at radius 2 is 2.11 bits per heavy atom. The molecule has 1 aromatic carbocycles. The number of fused-ring (bicyclic) bond motifs is 2. The normalized spacial score (nSPS) is 22.8. The Hall–Kier alpha value is -1.60. The van der Waals surface area contributed by atoms with Crippen molar-refractivity contribution in [3.63, 3.8) is 0 Å². The van der Waals surface area contributed by atoms with Crippen LogP contribution in [0.5, 0.6) is 17.6 Å². The number of benzene rings is 1. The molecule has 0 amide bonds. The van der Waals surface area contributed by atoms with Crippen LogP contribution < -0.4 is 14.8 Å². The van der Waals surface area contributed by atoms with Gasteiger partial charge in [0.25, 0.3) is 6.43 Å². The summed E-state index contributed by atoms with van der Waals surface area (Å²) in [5, 5.41) is 12.7. The Bertz CT molecular complexity index is 1160. The number of nitrogens with one attached hydrogen (secondary N) is 1. The van der Waals surface area contributed by atoms with Crippen LogP contribution in [0.4, 0.5) is 17.6 Å². The van der Waals surface area contributed by atoms with Gasteiger partial charge in [-0.2, -0.15) is 9.97 Å². The summed E-state index contributed by atoms with van der Waals surface area (Å²) >= 11 is 15.2. The molecule has 0 spiro atoms. The van der Waals surface area contributed by atoms with Crippen molar-refractivity contribution >= 4 is 50.0 Å². The van der Waals surface area contributed by atoms with Crippen LogP contribution >= 0.6 is 39.1 Å². The molecule has 2 aliphatic heterocycles. The molecule has 3 heterocycles. The van der Waals surface area contributed by atoms with Crippen LogP contribution in [0.2, 0.25) is 5.02 Å². The Balaban J connectivity index is 1.61. The van der Waals surface area contributed by atoms with Crippen LogP contribution in [0, 0.1) is 5.82 Å². The molecule has 2 aliphatic rings. The van der Waals surface area contributed by atoms with Gasteiger partial charge in [0.05, 0.1) is 22.6 Å². The van der Waals surface area contributed by atoms with Crippen molar-refractivity contribution in [1.82, 2.24) is 20.2 Å².